The maximum atomic E-state index is 12.6. The second-order valence-corrected chi connectivity index (χ2v) is 19.7. The molecule has 0 rings (SSSR count). The van der Waals surface area contributed by atoms with Gasteiger partial charge in [-0.05, 0) is 45.4 Å². The van der Waals surface area contributed by atoms with Crippen molar-refractivity contribution in [3.63, 3.8) is 0 Å². The molecule has 1 N–H and O–H groups in total. The molecule has 0 radical (unpaired) electrons. The Hall–Kier alpha value is -1.21. The fraction of sp³-hybridized carbons (Fsp3) is 0.925. The van der Waals surface area contributed by atoms with E-state index in [1.165, 1.54) is 212 Å². The van der Waals surface area contributed by atoms with E-state index in [-0.39, 0.29) is 32.2 Å². The molecule has 0 aliphatic carbocycles. The standard InChI is InChI=1S/C53H103O8P/c1-4-7-9-11-13-15-17-19-21-23-25-26-27-28-29-30-32-33-35-37-39-41-43-45-47-52(54)58-49-51(50-60-62(56,57)59-6-3)61-53(55)48-46-44-42-40-38-36-34-31-24-22-20-18-16-14-12-10-8-5-2/h22,24,51H,4-21,23,25-50H2,1-3H3,(H,56,57)/b24-22-. The van der Waals surface area contributed by atoms with Gasteiger partial charge in [-0.1, -0.05) is 244 Å². The van der Waals surface area contributed by atoms with Gasteiger partial charge in [0, 0.05) is 12.8 Å². The van der Waals surface area contributed by atoms with Crippen LogP contribution >= 0.6 is 7.82 Å². The molecule has 0 aliphatic rings. The van der Waals surface area contributed by atoms with E-state index in [2.05, 4.69) is 26.0 Å². The molecule has 368 valence electrons. The van der Waals surface area contributed by atoms with Crippen LogP contribution in [0.5, 0.6) is 0 Å². The van der Waals surface area contributed by atoms with Crippen LogP contribution in [-0.4, -0.2) is 42.8 Å². The Morgan fingerprint density at radius 3 is 1.06 bits per heavy atom. The van der Waals surface area contributed by atoms with Crippen LogP contribution in [0.2, 0.25) is 0 Å². The number of hydrogen-bond acceptors (Lipinski definition) is 7. The summed E-state index contributed by atoms with van der Waals surface area (Å²) in [5, 5.41) is 0. The predicted molar refractivity (Wildman–Crippen MR) is 263 cm³/mol. The van der Waals surface area contributed by atoms with Gasteiger partial charge in [-0.25, -0.2) is 4.57 Å². The Morgan fingerprint density at radius 2 is 0.726 bits per heavy atom. The van der Waals surface area contributed by atoms with E-state index in [1.54, 1.807) is 6.92 Å². The van der Waals surface area contributed by atoms with Crippen molar-refractivity contribution in [2.45, 2.75) is 297 Å². The summed E-state index contributed by atoms with van der Waals surface area (Å²) in [6, 6.07) is 0. The lowest BCUT2D eigenvalue weighted by Gasteiger charge is -2.19. The fourth-order valence-corrected chi connectivity index (χ4v) is 8.85. The first-order valence-electron chi connectivity index (χ1n) is 27.0. The first kappa shape index (κ1) is 60.8. The van der Waals surface area contributed by atoms with Gasteiger partial charge >= 0.3 is 19.8 Å². The zero-order chi connectivity index (χ0) is 45.3. The highest BCUT2D eigenvalue weighted by Crippen LogP contribution is 2.43. The van der Waals surface area contributed by atoms with Crippen LogP contribution in [0.1, 0.15) is 290 Å². The number of unbranched alkanes of at least 4 members (excludes halogenated alkanes) is 37. The number of phosphoric ester groups is 1. The van der Waals surface area contributed by atoms with E-state index in [0.717, 1.165) is 38.5 Å². The van der Waals surface area contributed by atoms with E-state index in [4.69, 9.17) is 18.5 Å². The average molecular weight is 899 g/mol. The lowest BCUT2D eigenvalue weighted by Crippen LogP contribution is -2.29. The van der Waals surface area contributed by atoms with Crippen molar-refractivity contribution >= 4 is 19.8 Å². The van der Waals surface area contributed by atoms with Crippen molar-refractivity contribution in [2.75, 3.05) is 19.8 Å². The second kappa shape index (κ2) is 49.2. The SMILES string of the molecule is CCCCCCCCC/C=C\CCCCCCCCCC(=O)OC(COC(=O)CCCCCCCCCCCCCCCCCCCCCCCCCC)COP(=O)(O)OCC. The predicted octanol–water partition coefficient (Wildman–Crippen LogP) is 17.6. The summed E-state index contributed by atoms with van der Waals surface area (Å²) in [6.45, 7) is 5.54. The monoisotopic (exact) mass is 899 g/mol. The first-order valence-corrected chi connectivity index (χ1v) is 28.5. The number of carbonyl (C=O) groups excluding carboxylic acids is 2. The van der Waals surface area contributed by atoms with E-state index in [1.807, 2.05) is 0 Å². The average Bonchev–Trinajstić information content (AvgIpc) is 3.25. The Bertz CT molecular complexity index is 1020. The molecule has 2 unspecified atom stereocenters. The van der Waals surface area contributed by atoms with Gasteiger partial charge in [0.25, 0.3) is 0 Å². The normalized spacial score (nSPS) is 13.2. The minimum absolute atomic E-state index is 0.00319. The Balaban J connectivity index is 3.89. The fourth-order valence-electron chi connectivity index (χ4n) is 8.10. The molecule has 8 nitrogen and oxygen atoms in total. The third-order valence-corrected chi connectivity index (χ3v) is 13.1. The molecule has 0 aromatic heterocycles. The largest absolute Gasteiger partial charge is 0.472 e. The molecule has 9 heteroatoms. The summed E-state index contributed by atoms with van der Waals surface area (Å²) in [6.07, 6.45) is 55.7. The number of ether oxygens (including phenoxy) is 2. The summed E-state index contributed by atoms with van der Waals surface area (Å²) in [5.41, 5.74) is 0. The number of hydrogen-bond donors (Lipinski definition) is 1. The Morgan fingerprint density at radius 1 is 0.419 bits per heavy atom. The first-order chi connectivity index (χ1) is 30.3. The lowest BCUT2D eigenvalue weighted by molar-refractivity contribution is -0.161. The van der Waals surface area contributed by atoms with Crippen molar-refractivity contribution in [1.82, 2.24) is 0 Å². The van der Waals surface area contributed by atoms with Gasteiger partial charge < -0.3 is 14.4 Å². The number of allylic oxidation sites excluding steroid dienone is 2. The van der Waals surface area contributed by atoms with E-state index < -0.39 is 19.9 Å². The van der Waals surface area contributed by atoms with Gasteiger partial charge in [-0.15, -0.1) is 0 Å². The highest BCUT2D eigenvalue weighted by Gasteiger charge is 2.25. The smallest absolute Gasteiger partial charge is 0.462 e. The molecule has 0 aliphatic heterocycles. The molecule has 0 heterocycles. The van der Waals surface area contributed by atoms with Crippen molar-refractivity contribution in [3.05, 3.63) is 12.2 Å². The van der Waals surface area contributed by atoms with Crippen molar-refractivity contribution in [2.24, 2.45) is 0 Å². The molecular formula is C53H103O8P. The van der Waals surface area contributed by atoms with Crippen LogP contribution in [-0.2, 0) is 32.7 Å². The van der Waals surface area contributed by atoms with Gasteiger partial charge in [0.15, 0.2) is 6.10 Å². The van der Waals surface area contributed by atoms with Crippen LogP contribution < -0.4 is 0 Å². The topological polar surface area (TPSA) is 108 Å². The van der Waals surface area contributed by atoms with E-state index >= 15 is 0 Å². The van der Waals surface area contributed by atoms with Crippen LogP contribution in [0.4, 0.5) is 0 Å². The van der Waals surface area contributed by atoms with Gasteiger partial charge in [0.1, 0.15) is 6.61 Å². The molecule has 0 fully saturated rings. The number of carbonyl (C=O) groups is 2. The minimum Gasteiger partial charge on any atom is -0.462 e. The summed E-state index contributed by atoms with van der Waals surface area (Å²) < 4.78 is 32.8. The van der Waals surface area contributed by atoms with Crippen LogP contribution in [0.15, 0.2) is 12.2 Å². The summed E-state index contributed by atoms with van der Waals surface area (Å²) >= 11 is 0. The van der Waals surface area contributed by atoms with E-state index in [0.29, 0.717) is 12.8 Å². The van der Waals surface area contributed by atoms with Crippen LogP contribution in [0.3, 0.4) is 0 Å². The minimum atomic E-state index is -4.28. The quantitative estimate of drug-likeness (QED) is 0.0278. The maximum absolute atomic E-state index is 12.6. The molecule has 0 aromatic rings. The maximum Gasteiger partial charge on any atom is 0.472 e. The molecule has 0 saturated carbocycles. The Labute approximate surface area is 384 Å². The number of phosphoric acid groups is 1. The molecule has 0 spiro atoms. The molecule has 0 amide bonds. The number of rotatable bonds is 51. The lowest BCUT2D eigenvalue weighted by atomic mass is 10.0. The molecule has 62 heavy (non-hydrogen) atoms. The van der Waals surface area contributed by atoms with Crippen LogP contribution in [0.25, 0.3) is 0 Å². The summed E-state index contributed by atoms with van der Waals surface area (Å²) in [7, 11) is -4.28. The van der Waals surface area contributed by atoms with Gasteiger partial charge in [0.2, 0.25) is 0 Å². The summed E-state index contributed by atoms with van der Waals surface area (Å²) in [5.74, 6) is -0.784. The van der Waals surface area contributed by atoms with Crippen molar-refractivity contribution in [3.8, 4) is 0 Å². The summed E-state index contributed by atoms with van der Waals surface area (Å²) in [4.78, 5) is 35.0. The molecular weight excluding hydrogens is 796 g/mol. The third-order valence-electron chi connectivity index (χ3n) is 12.1. The zero-order valence-corrected chi connectivity index (χ0v) is 42.2. The van der Waals surface area contributed by atoms with E-state index in [9.17, 15) is 19.0 Å². The van der Waals surface area contributed by atoms with Crippen molar-refractivity contribution in [1.29, 1.82) is 0 Å². The highest BCUT2D eigenvalue weighted by atomic mass is 31.2. The zero-order valence-electron chi connectivity index (χ0n) is 41.3. The van der Waals surface area contributed by atoms with Gasteiger partial charge in [0.05, 0.1) is 13.2 Å². The third kappa shape index (κ3) is 48.3. The van der Waals surface area contributed by atoms with Crippen LogP contribution in [0, 0.1) is 0 Å². The molecule has 0 bridgehead atoms. The number of esters is 2. The van der Waals surface area contributed by atoms with Crippen molar-refractivity contribution < 1.29 is 37.6 Å². The highest BCUT2D eigenvalue weighted by molar-refractivity contribution is 7.47. The molecule has 0 aromatic carbocycles. The Kier molecular flexibility index (Phi) is 48.3. The molecule has 2 atom stereocenters. The van der Waals surface area contributed by atoms with Gasteiger partial charge in [-0.3, -0.25) is 18.6 Å². The second-order valence-electron chi connectivity index (χ2n) is 18.3. The van der Waals surface area contributed by atoms with Gasteiger partial charge in [-0.2, -0.15) is 0 Å². The molecule has 0 saturated heterocycles.